The van der Waals surface area contributed by atoms with Crippen molar-refractivity contribution in [3.63, 3.8) is 0 Å². The molecule has 0 saturated heterocycles. The fraction of sp³-hybridized carbons (Fsp3) is 0.0435. The van der Waals surface area contributed by atoms with Crippen LogP contribution in [0, 0.1) is 0 Å². The third-order valence-corrected chi connectivity index (χ3v) is 6.41. The smallest absolute Gasteiger partial charge is 0.340 e. The van der Waals surface area contributed by atoms with Crippen LogP contribution < -0.4 is 10.1 Å². The number of benzene rings is 3. The molecule has 0 fully saturated rings. The first kappa shape index (κ1) is 20.5. The highest BCUT2D eigenvalue weighted by molar-refractivity contribution is 6.42. The number of ether oxygens (including phenoxy) is 2. The summed E-state index contributed by atoms with van der Waals surface area (Å²) in [5.74, 6) is -0.207. The Hall–Kier alpha value is -4.08. The highest BCUT2D eigenvalue weighted by Gasteiger charge is 2.55. The lowest BCUT2D eigenvalue weighted by molar-refractivity contribution is 0.0226. The highest BCUT2D eigenvalue weighted by atomic mass is 35.5. The summed E-state index contributed by atoms with van der Waals surface area (Å²) in [7, 11) is 0. The van der Waals surface area contributed by atoms with Crippen LogP contribution in [-0.4, -0.2) is 31.6 Å². The van der Waals surface area contributed by atoms with E-state index in [-0.39, 0.29) is 44.7 Å². The molecule has 0 bridgehead atoms. The van der Waals surface area contributed by atoms with Crippen LogP contribution in [0.15, 0.2) is 54.6 Å². The zero-order valence-corrected chi connectivity index (χ0v) is 18.4. The minimum atomic E-state index is -1.46. The molecule has 0 radical (unpaired) electrons. The molecule has 3 N–H and O–H groups in total. The number of anilines is 2. The molecule has 0 aliphatic carbocycles. The first-order valence-electron chi connectivity index (χ1n) is 9.91. The standard InChI is InChI=1S/C23H12Cl2N4O5/c24-19-20(25)27-29-28-21(19)26-15-7-11(31)9-17-18(15)23(14-6-5-10(30)8-16(14)33-17)13-4-2-1-3-12(13)22(32)34-23/h1-9,30-31H,(H,26,27,28). The van der Waals surface area contributed by atoms with Gasteiger partial charge in [-0.15, -0.1) is 10.2 Å². The first-order valence-corrected chi connectivity index (χ1v) is 10.7. The van der Waals surface area contributed by atoms with Crippen LogP contribution in [0.5, 0.6) is 23.0 Å². The Balaban J connectivity index is 1.68. The van der Waals surface area contributed by atoms with Gasteiger partial charge in [0, 0.05) is 29.3 Å². The van der Waals surface area contributed by atoms with Crippen molar-refractivity contribution in [2.75, 3.05) is 5.32 Å². The van der Waals surface area contributed by atoms with Crippen LogP contribution in [0.2, 0.25) is 10.2 Å². The van der Waals surface area contributed by atoms with E-state index in [4.69, 9.17) is 32.7 Å². The number of phenols is 2. The first-order chi connectivity index (χ1) is 16.4. The van der Waals surface area contributed by atoms with Crippen LogP contribution in [0.4, 0.5) is 11.5 Å². The number of halogens is 2. The van der Waals surface area contributed by atoms with Crippen molar-refractivity contribution in [2.24, 2.45) is 0 Å². The predicted molar refractivity (Wildman–Crippen MR) is 121 cm³/mol. The second kappa shape index (κ2) is 7.21. The van der Waals surface area contributed by atoms with Crippen molar-refractivity contribution in [1.29, 1.82) is 0 Å². The number of rotatable bonds is 2. The minimum absolute atomic E-state index is 0.00803. The fourth-order valence-corrected chi connectivity index (χ4v) is 4.63. The van der Waals surface area contributed by atoms with Gasteiger partial charge in [0.15, 0.2) is 16.6 Å². The number of phenolic OH excluding ortho intramolecular Hbond substituents is 2. The van der Waals surface area contributed by atoms with Gasteiger partial charge in [0.05, 0.1) is 16.8 Å². The van der Waals surface area contributed by atoms with Crippen molar-refractivity contribution < 1.29 is 24.5 Å². The number of nitrogens with one attached hydrogen (secondary N) is 1. The molecule has 0 amide bonds. The van der Waals surface area contributed by atoms with Gasteiger partial charge in [-0.3, -0.25) is 0 Å². The quantitative estimate of drug-likeness (QED) is 0.333. The largest absolute Gasteiger partial charge is 0.508 e. The number of carbonyl (C=O) groups excluding carboxylic acids is 1. The zero-order chi connectivity index (χ0) is 23.6. The molecule has 4 aromatic rings. The van der Waals surface area contributed by atoms with Gasteiger partial charge in [-0.2, -0.15) is 0 Å². The van der Waals surface area contributed by atoms with Crippen molar-refractivity contribution in [3.8, 4) is 23.0 Å². The minimum Gasteiger partial charge on any atom is -0.508 e. The molecule has 0 saturated carbocycles. The molecule has 2 aliphatic heterocycles. The third kappa shape index (κ3) is 2.81. The second-order valence-electron chi connectivity index (χ2n) is 7.63. The van der Waals surface area contributed by atoms with Crippen LogP contribution in [-0.2, 0) is 10.3 Å². The highest BCUT2D eigenvalue weighted by Crippen LogP contribution is 2.59. The fourth-order valence-electron chi connectivity index (χ4n) is 4.38. The van der Waals surface area contributed by atoms with Crippen LogP contribution in [0.3, 0.4) is 0 Å². The predicted octanol–water partition coefficient (Wildman–Crippen LogP) is 4.90. The topological polar surface area (TPSA) is 127 Å². The van der Waals surface area contributed by atoms with Crippen LogP contribution in [0.1, 0.15) is 27.0 Å². The molecule has 1 atom stereocenters. The number of carbonyl (C=O) groups is 1. The lowest BCUT2D eigenvalue weighted by atomic mass is 9.77. The summed E-state index contributed by atoms with van der Waals surface area (Å²) in [5.41, 5.74) is 0.615. The SMILES string of the molecule is O=C1OC2(c3ccc(O)cc3Oc3cc(O)cc(Nc4nnnc(Cl)c4Cl)c32)c2ccccc21. The Morgan fingerprint density at radius 1 is 0.912 bits per heavy atom. The van der Waals surface area contributed by atoms with Crippen molar-refractivity contribution in [1.82, 2.24) is 15.4 Å². The summed E-state index contributed by atoms with van der Waals surface area (Å²) in [4.78, 5) is 13.0. The molecular formula is C23H12Cl2N4O5. The summed E-state index contributed by atoms with van der Waals surface area (Å²) in [6.07, 6.45) is 0. The maximum absolute atomic E-state index is 13.0. The molecule has 2 aliphatic rings. The maximum Gasteiger partial charge on any atom is 0.340 e. The monoisotopic (exact) mass is 494 g/mol. The Labute approximate surface area is 201 Å². The number of hydrogen-bond acceptors (Lipinski definition) is 9. The maximum atomic E-state index is 13.0. The van der Waals surface area contributed by atoms with E-state index in [1.807, 2.05) is 0 Å². The number of fused-ring (bicyclic) bond motifs is 6. The van der Waals surface area contributed by atoms with E-state index < -0.39 is 11.6 Å². The summed E-state index contributed by atoms with van der Waals surface area (Å²) in [6, 6.07) is 14.3. The molecule has 1 spiro atoms. The van der Waals surface area contributed by atoms with Crippen LogP contribution >= 0.6 is 23.2 Å². The van der Waals surface area contributed by atoms with E-state index in [0.29, 0.717) is 22.3 Å². The molecule has 1 aromatic heterocycles. The van der Waals surface area contributed by atoms with Gasteiger partial charge < -0.3 is 25.0 Å². The number of nitrogens with zero attached hydrogens (tertiary/aromatic N) is 3. The van der Waals surface area contributed by atoms with E-state index in [1.54, 1.807) is 30.3 Å². The Morgan fingerprint density at radius 3 is 2.56 bits per heavy atom. The molecule has 9 nitrogen and oxygen atoms in total. The Morgan fingerprint density at radius 2 is 1.71 bits per heavy atom. The zero-order valence-electron chi connectivity index (χ0n) is 16.9. The number of esters is 1. The lowest BCUT2D eigenvalue weighted by Crippen LogP contribution is -2.33. The van der Waals surface area contributed by atoms with E-state index in [2.05, 4.69) is 20.7 Å². The molecule has 6 rings (SSSR count). The average molecular weight is 495 g/mol. The van der Waals surface area contributed by atoms with E-state index >= 15 is 0 Å². The van der Waals surface area contributed by atoms with Gasteiger partial charge in [-0.1, -0.05) is 41.4 Å². The van der Waals surface area contributed by atoms with Gasteiger partial charge in [0.2, 0.25) is 0 Å². The van der Waals surface area contributed by atoms with Gasteiger partial charge in [-0.25, -0.2) is 4.79 Å². The van der Waals surface area contributed by atoms with E-state index in [1.165, 1.54) is 24.3 Å². The molecular weight excluding hydrogens is 483 g/mol. The van der Waals surface area contributed by atoms with Gasteiger partial charge in [0.25, 0.3) is 0 Å². The molecule has 1 unspecified atom stereocenters. The lowest BCUT2D eigenvalue weighted by Gasteiger charge is -2.37. The summed E-state index contributed by atoms with van der Waals surface area (Å²) in [6.45, 7) is 0. The molecule has 34 heavy (non-hydrogen) atoms. The Kier molecular flexibility index (Phi) is 4.35. The summed E-state index contributed by atoms with van der Waals surface area (Å²) in [5, 5.41) is 34.6. The summed E-state index contributed by atoms with van der Waals surface area (Å²) >= 11 is 12.2. The summed E-state index contributed by atoms with van der Waals surface area (Å²) < 4.78 is 12.1. The number of aromatic nitrogens is 3. The molecule has 3 aromatic carbocycles. The van der Waals surface area contributed by atoms with E-state index in [9.17, 15) is 15.0 Å². The van der Waals surface area contributed by atoms with Gasteiger partial charge in [-0.05, 0) is 23.4 Å². The van der Waals surface area contributed by atoms with Gasteiger partial charge in [0.1, 0.15) is 28.0 Å². The molecule has 11 heteroatoms. The Bertz CT molecular complexity index is 1530. The molecule has 168 valence electrons. The average Bonchev–Trinajstić information content (AvgIpc) is 3.09. The van der Waals surface area contributed by atoms with Crippen molar-refractivity contribution >= 4 is 40.7 Å². The van der Waals surface area contributed by atoms with Crippen molar-refractivity contribution in [3.05, 3.63) is 87.0 Å². The van der Waals surface area contributed by atoms with E-state index in [0.717, 1.165) is 0 Å². The number of hydrogen-bond donors (Lipinski definition) is 3. The van der Waals surface area contributed by atoms with Crippen LogP contribution in [0.25, 0.3) is 0 Å². The van der Waals surface area contributed by atoms with Crippen molar-refractivity contribution in [2.45, 2.75) is 5.60 Å². The van der Waals surface area contributed by atoms with Gasteiger partial charge >= 0.3 is 5.97 Å². The molecule has 3 heterocycles. The third-order valence-electron chi connectivity index (χ3n) is 5.69. The normalized spacial score (nSPS) is 17.4. The number of aromatic hydroxyl groups is 2. The second-order valence-corrected chi connectivity index (χ2v) is 8.37.